The highest BCUT2D eigenvalue weighted by atomic mass is 79.9. The quantitative estimate of drug-likeness (QED) is 0.537. The third-order valence-corrected chi connectivity index (χ3v) is 3.34. The molecule has 0 bridgehead atoms. The average molecular weight is 346 g/mol. The number of para-hydroxylation sites is 2. The first-order valence-electron chi connectivity index (χ1n) is 5.95. The predicted molar refractivity (Wildman–Crippen MR) is 78.9 cm³/mol. The summed E-state index contributed by atoms with van der Waals surface area (Å²) in [6.45, 7) is 0. The molecular weight excluding hydrogens is 338 g/mol. The molecule has 0 saturated heterocycles. The third kappa shape index (κ3) is 2.65. The van der Waals surface area contributed by atoms with E-state index in [-0.39, 0.29) is 11.4 Å². The van der Waals surface area contributed by atoms with Gasteiger partial charge in [-0.05, 0) is 35.5 Å². The van der Waals surface area contributed by atoms with E-state index in [2.05, 4.69) is 31.3 Å². The van der Waals surface area contributed by atoms with Crippen molar-refractivity contribution in [2.24, 2.45) is 0 Å². The van der Waals surface area contributed by atoms with Crippen molar-refractivity contribution < 1.29 is 4.92 Å². The molecule has 0 saturated carbocycles. The van der Waals surface area contributed by atoms with E-state index in [0.29, 0.717) is 5.82 Å². The number of tetrazole rings is 1. The highest BCUT2D eigenvalue weighted by Gasteiger charge is 2.17. The summed E-state index contributed by atoms with van der Waals surface area (Å²) in [5.41, 5.74) is 0.985. The smallest absolute Gasteiger partial charge is 0.258 e. The summed E-state index contributed by atoms with van der Waals surface area (Å²) >= 11 is 3.35. The maximum absolute atomic E-state index is 11.0. The van der Waals surface area contributed by atoms with Crippen LogP contribution in [0, 0.1) is 10.1 Å². The van der Waals surface area contributed by atoms with Gasteiger partial charge in [0.2, 0.25) is 5.82 Å². The average Bonchev–Trinajstić information content (AvgIpc) is 2.97. The largest absolute Gasteiger partial charge is 0.296 e. The van der Waals surface area contributed by atoms with Crippen LogP contribution in [0.5, 0.6) is 0 Å². The molecule has 7 nitrogen and oxygen atoms in total. The number of nitro groups is 1. The molecule has 0 spiro atoms. The van der Waals surface area contributed by atoms with Gasteiger partial charge < -0.3 is 0 Å². The van der Waals surface area contributed by atoms with Crippen molar-refractivity contribution in [1.29, 1.82) is 0 Å². The lowest BCUT2D eigenvalue weighted by Gasteiger charge is -1.99. The maximum Gasteiger partial charge on any atom is 0.296 e. The van der Waals surface area contributed by atoms with Gasteiger partial charge in [0.25, 0.3) is 5.69 Å². The predicted octanol–water partition coefficient (Wildman–Crippen LogP) is 3.00. The first kappa shape index (κ1) is 13.4. The van der Waals surface area contributed by atoms with Crippen molar-refractivity contribution in [1.82, 2.24) is 20.2 Å². The van der Waals surface area contributed by atoms with Gasteiger partial charge in [-0.2, -0.15) is 0 Å². The molecule has 0 aliphatic carbocycles. The van der Waals surface area contributed by atoms with Gasteiger partial charge in [-0.25, -0.2) is 0 Å². The van der Waals surface area contributed by atoms with Crippen molar-refractivity contribution in [3.05, 3.63) is 63.1 Å². The zero-order valence-corrected chi connectivity index (χ0v) is 12.1. The Labute approximate surface area is 127 Å². The Morgan fingerprint density at radius 2 is 1.81 bits per heavy atom. The van der Waals surface area contributed by atoms with Crippen LogP contribution in [0.15, 0.2) is 53.0 Å². The lowest BCUT2D eigenvalue weighted by Crippen LogP contribution is -2.03. The lowest BCUT2D eigenvalue weighted by molar-refractivity contribution is -0.384. The molecule has 21 heavy (non-hydrogen) atoms. The minimum absolute atomic E-state index is 0.0720. The summed E-state index contributed by atoms with van der Waals surface area (Å²) in [4.78, 5) is 11.7. The summed E-state index contributed by atoms with van der Waals surface area (Å²) < 4.78 is 0.942. The van der Waals surface area contributed by atoms with E-state index >= 15 is 0 Å². The molecule has 0 atom stereocenters. The van der Waals surface area contributed by atoms with Gasteiger partial charge in [-0.15, -0.1) is 15.0 Å². The number of hydrogen-bond donors (Lipinski definition) is 0. The molecule has 8 heteroatoms. The fourth-order valence-electron chi connectivity index (χ4n) is 1.82. The van der Waals surface area contributed by atoms with Crippen LogP contribution in [-0.4, -0.2) is 25.1 Å². The molecule has 3 aromatic rings. The molecule has 0 amide bonds. The molecule has 0 radical (unpaired) electrons. The van der Waals surface area contributed by atoms with Gasteiger partial charge in [-0.1, -0.05) is 28.1 Å². The Morgan fingerprint density at radius 1 is 1.10 bits per heavy atom. The van der Waals surface area contributed by atoms with E-state index in [0.717, 1.165) is 14.8 Å². The normalized spacial score (nSPS) is 10.5. The van der Waals surface area contributed by atoms with E-state index in [9.17, 15) is 10.1 Å². The van der Waals surface area contributed by atoms with Gasteiger partial charge in [0, 0.05) is 16.1 Å². The van der Waals surface area contributed by atoms with Crippen LogP contribution in [0.2, 0.25) is 0 Å². The Bertz CT molecular complexity index is 800. The lowest BCUT2D eigenvalue weighted by atomic mass is 10.2. The van der Waals surface area contributed by atoms with Gasteiger partial charge in [0.15, 0.2) is 5.69 Å². The molecule has 0 aliphatic rings. The monoisotopic (exact) mass is 345 g/mol. The summed E-state index contributed by atoms with van der Waals surface area (Å²) in [7, 11) is 0. The molecule has 1 heterocycles. The Hall–Kier alpha value is -2.61. The first-order chi connectivity index (χ1) is 10.1. The maximum atomic E-state index is 11.0. The number of benzene rings is 2. The number of aromatic nitrogens is 4. The van der Waals surface area contributed by atoms with Gasteiger partial charge in [0.1, 0.15) is 0 Å². The second kappa shape index (κ2) is 5.41. The van der Waals surface area contributed by atoms with Crippen LogP contribution < -0.4 is 0 Å². The summed E-state index contributed by atoms with van der Waals surface area (Å²) in [6.07, 6.45) is 0. The topological polar surface area (TPSA) is 86.7 Å². The molecule has 0 unspecified atom stereocenters. The Morgan fingerprint density at radius 3 is 2.52 bits per heavy atom. The number of rotatable bonds is 3. The minimum atomic E-state index is -0.474. The van der Waals surface area contributed by atoms with Crippen LogP contribution in [-0.2, 0) is 0 Å². The van der Waals surface area contributed by atoms with Gasteiger partial charge in [-0.3, -0.25) is 10.1 Å². The van der Waals surface area contributed by atoms with Gasteiger partial charge in [0.05, 0.1) is 4.92 Å². The molecule has 3 rings (SSSR count). The Balaban J connectivity index is 2.03. The van der Waals surface area contributed by atoms with Crippen molar-refractivity contribution >= 4 is 21.6 Å². The van der Waals surface area contributed by atoms with Crippen LogP contribution in [0.3, 0.4) is 0 Å². The van der Waals surface area contributed by atoms with E-state index in [4.69, 9.17) is 0 Å². The molecule has 1 aromatic heterocycles. The molecule has 0 fully saturated rings. The van der Waals surface area contributed by atoms with E-state index in [1.54, 1.807) is 18.2 Å². The zero-order valence-electron chi connectivity index (χ0n) is 10.5. The van der Waals surface area contributed by atoms with Crippen molar-refractivity contribution in [3.63, 3.8) is 0 Å². The number of hydrogen-bond acceptors (Lipinski definition) is 5. The number of halogens is 1. The zero-order chi connectivity index (χ0) is 14.8. The fourth-order valence-corrected chi connectivity index (χ4v) is 2.08. The second-order valence-electron chi connectivity index (χ2n) is 4.16. The minimum Gasteiger partial charge on any atom is -0.258 e. The van der Waals surface area contributed by atoms with Crippen molar-refractivity contribution in [3.8, 4) is 17.1 Å². The first-order valence-corrected chi connectivity index (χ1v) is 6.74. The highest BCUT2D eigenvalue weighted by Crippen LogP contribution is 2.22. The van der Waals surface area contributed by atoms with Crippen LogP contribution in [0.25, 0.3) is 17.1 Å². The highest BCUT2D eigenvalue weighted by molar-refractivity contribution is 9.10. The molecule has 104 valence electrons. The SMILES string of the molecule is O=[N+]([O-])c1ccccc1-n1nnc(-c2ccc(Br)cc2)n1. The molecule has 0 aliphatic heterocycles. The van der Waals surface area contributed by atoms with Crippen molar-refractivity contribution in [2.45, 2.75) is 0 Å². The van der Waals surface area contributed by atoms with E-state index < -0.39 is 4.92 Å². The van der Waals surface area contributed by atoms with Crippen LogP contribution >= 0.6 is 15.9 Å². The second-order valence-corrected chi connectivity index (χ2v) is 5.07. The van der Waals surface area contributed by atoms with E-state index in [1.165, 1.54) is 6.07 Å². The molecular formula is C13H8BrN5O2. The van der Waals surface area contributed by atoms with Crippen LogP contribution in [0.4, 0.5) is 5.69 Å². The molecule has 2 aromatic carbocycles. The van der Waals surface area contributed by atoms with Crippen LogP contribution in [0.1, 0.15) is 0 Å². The fraction of sp³-hybridized carbons (Fsp3) is 0. The van der Waals surface area contributed by atoms with Crippen molar-refractivity contribution in [2.75, 3.05) is 0 Å². The summed E-state index contributed by atoms with van der Waals surface area (Å²) in [6, 6.07) is 13.7. The number of nitrogens with zero attached hydrogens (tertiary/aromatic N) is 5. The molecule has 0 N–H and O–H groups in total. The summed E-state index contributed by atoms with van der Waals surface area (Å²) in [5, 5.41) is 23.0. The van der Waals surface area contributed by atoms with Gasteiger partial charge >= 0.3 is 0 Å². The Kier molecular flexibility index (Phi) is 3.44. The summed E-state index contributed by atoms with van der Waals surface area (Å²) in [5.74, 6) is 0.403. The van der Waals surface area contributed by atoms with E-state index in [1.807, 2.05) is 24.3 Å². The third-order valence-electron chi connectivity index (χ3n) is 2.81. The number of nitro benzene ring substituents is 1. The standard InChI is InChI=1S/C13H8BrN5O2/c14-10-7-5-9(6-8-10)13-15-17-18(16-13)11-3-1-2-4-12(11)19(20)21/h1-8H.